The Morgan fingerprint density at radius 3 is 2.59 bits per heavy atom. The fourth-order valence-corrected chi connectivity index (χ4v) is 1.52. The first-order chi connectivity index (χ1) is 7.91. The average Bonchev–Trinajstić information content (AvgIpc) is 2.28. The molecule has 1 aromatic rings. The summed E-state index contributed by atoms with van der Waals surface area (Å²) >= 11 is 0. The molecule has 1 rings (SSSR count). The number of carbonyl (C=O) groups is 1. The van der Waals surface area contributed by atoms with E-state index < -0.39 is 0 Å². The van der Waals surface area contributed by atoms with Crippen LogP contribution in [0.4, 0.5) is 0 Å². The Bertz CT molecular complexity index is 399. The highest BCUT2D eigenvalue weighted by atomic mass is 16.1. The van der Waals surface area contributed by atoms with Gasteiger partial charge in [0, 0.05) is 18.2 Å². The van der Waals surface area contributed by atoms with Crippen LogP contribution in [0.3, 0.4) is 0 Å². The zero-order valence-corrected chi connectivity index (χ0v) is 11.1. The number of amides is 1. The van der Waals surface area contributed by atoms with Gasteiger partial charge < -0.3 is 11.1 Å². The second-order valence-electron chi connectivity index (χ2n) is 4.94. The van der Waals surface area contributed by atoms with Gasteiger partial charge in [-0.1, -0.05) is 31.5 Å². The van der Waals surface area contributed by atoms with E-state index in [1.54, 1.807) is 0 Å². The van der Waals surface area contributed by atoms with E-state index >= 15 is 0 Å². The molecule has 3 nitrogen and oxygen atoms in total. The van der Waals surface area contributed by atoms with Crippen molar-refractivity contribution in [2.24, 2.45) is 11.7 Å². The standard InChI is InChI=1S/C14H22N2O/c1-9(2)13(15)8-16-14(17)12-7-10(3)5-6-11(12)4/h5-7,9,13H,8,15H2,1-4H3,(H,16,17). The van der Waals surface area contributed by atoms with E-state index in [1.807, 2.05) is 32.0 Å². The van der Waals surface area contributed by atoms with E-state index in [0.29, 0.717) is 12.5 Å². The van der Waals surface area contributed by atoms with Crippen LogP contribution in [0.5, 0.6) is 0 Å². The summed E-state index contributed by atoms with van der Waals surface area (Å²) < 4.78 is 0. The fourth-order valence-electron chi connectivity index (χ4n) is 1.52. The van der Waals surface area contributed by atoms with Gasteiger partial charge in [-0.15, -0.1) is 0 Å². The molecule has 0 aliphatic rings. The lowest BCUT2D eigenvalue weighted by atomic mass is 10.0. The highest BCUT2D eigenvalue weighted by Crippen LogP contribution is 2.10. The van der Waals surface area contributed by atoms with Gasteiger partial charge in [0.05, 0.1) is 0 Å². The van der Waals surface area contributed by atoms with Crippen LogP contribution in [-0.4, -0.2) is 18.5 Å². The maximum atomic E-state index is 12.0. The largest absolute Gasteiger partial charge is 0.350 e. The van der Waals surface area contributed by atoms with Crippen LogP contribution in [0.15, 0.2) is 18.2 Å². The Morgan fingerprint density at radius 2 is 2.00 bits per heavy atom. The third kappa shape index (κ3) is 3.86. The molecule has 0 aromatic heterocycles. The summed E-state index contributed by atoms with van der Waals surface area (Å²) in [6, 6.07) is 5.88. The van der Waals surface area contributed by atoms with E-state index in [0.717, 1.165) is 16.7 Å². The number of rotatable bonds is 4. The highest BCUT2D eigenvalue weighted by molar-refractivity contribution is 5.95. The van der Waals surface area contributed by atoms with E-state index in [4.69, 9.17) is 5.73 Å². The van der Waals surface area contributed by atoms with Crippen LogP contribution in [0.25, 0.3) is 0 Å². The molecule has 1 atom stereocenters. The minimum Gasteiger partial charge on any atom is -0.350 e. The molecule has 0 saturated heterocycles. The number of aryl methyl sites for hydroxylation is 2. The summed E-state index contributed by atoms with van der Waals surface area (Å²) in [5.41, 5.74) is 8.72. The molecule has 1 unspecified atom stereocenters. The van der Waals surface area contributed by atoms with Crippen molar-refractivity contribution in [3.63, 3.8) is 0 Å². The Labute approximate surface area is 103 Å². The molecule has 0 bridgehead atoms. The molecule has 0 heterocycles. The fraction of sp³-hybridized carbons (Fsp3) is 0.500. The Kier molecular flexibility index (Phi) is 4.70. The molecule has 0 aliphatic heterocycles. The summed E-state index contributed by atoms with van der Waals surface area (Å²) in [6.45, 7) is 8.54. The predicted octanol–water partition coefficient (Wildman–Crippen LogP) is 2.02. The van der Waals surface area contributed by atoms with Crippen molar-refractivity contribution >= 4 is 5.91 Å². The molecule has 0 radical (unpaired) electrons. The first-order valence-electron chi connectivity index (χ1n) is 6.03. The maximum Gasteiger partial charge on any atom is 0.251 e. The normalized spacial score (nSPS) is 12.6. The quantitative estimate of drug-likeness (QED) is 0.837. The number of nitrogens with one attached hydrogen (secondary N) is 1. The van der Waals surface area contributed by atoms with E-state index in [2.05, 4.69) is 19.2 Å². The second kappa shape index (κ2) is 5.82. The van der Waals surface area contributed by atoms with Gasteiger partial charge in [0.2, 0.25) is 0 Å². The lowest BCUT2D eigenvalue weighted by molar-refractivity contribution is 0.0948. The smallest absolute Gasteiger partial charge is 0.251 e. The molecule has 94 valence electrons. The molecule has 17 heavy (non-hydrogen) atoms. The number of carbonyl (C=O) groups excluding carboxylic acids is 1. The third-order valence-electron chi connectivity index (χ3n) is 2.99. The topological polar surface area (TPSA) is 55.1 Å². The van der Waals surface area contributed by atoms with Crippen molar-refractivity contribution in [1.29, 1.82) is 0 Å². The van der Waals surface area contributed by atoms with E-state index in [9.17, 15) is 4.79 Å². The van der Waals surface area contributed by atoms with Gasteiger partial charge >= 0.3 is 0 Å². The molecule has 0 aliphatic carbocycles. The molecule has 3 N–H and O–H groups in total. The Hall–Kier alpha value is -1.35. The summed E-state index contributed by atoms with van der Waals surface area (Å²) in [5, 5.41) is 2.88. The maximum absolute atomic E-state index is 12.0. The number of benzene rings is 1. The first-order valence-corrected chi connectivity index (χ1v) is 6.03. The molecule has 3 heteroatoms. The number of nitrogens with two attached hydrogens (primary N) is 1. The van der Waals surface area contributed by atoms with Crippen LogP contribution in [0.1, 0.15) is 35.3 Å². The van der Waals surface area contributed by atoms with Crippen LogP contribution in [0.2, 0.25) is 0 Å². The van der Waals surface area contributed by atoms with Crippen molar-refractivity contribution in [2.45, 2.75) is 33.7 Å². The monoisotopic (exact) mass is 234 g/mol. The molecular formula is C14H22N2O. The SMILES string of the molecule is Cc1ccc(C)c(C(=O)NCC(N)C(C)C)c1. The van der Waals surface area contributed by atoms with Gasteiger partial charge in [0.15, 0.2) is 0 Å². The minimum absolute atomic E-state index is 0.00376. The van der Waals surface area contributed by atoms with Crippen LogP contribution < -0.4 is 11.1 Å². The first kappa shape index (κ1) is 13.7. The minimum atomic E-state index is -0.0395. The van der Waals surface area contributed by atoms with Gasteiger partial charge in [-0.3, -0.25) is 4.79 Å². The average molecular weight is 234 g/mol. The summed E-state index contributed by atoms with van der Waals surface area (Å²) in [7, 11) is 0. The summed E-state index contributed by atoms with van der Waals surface area (Å²) in [6.07, 6.45) is 0. The van der Waals surface area contributed by atoms with Crippen LogP contribution in [-0.2, 0) is 0 Å². The second-order valence-corrected chi connectivity index (χ2v) is 4.94. The molecule has 1 aromatic carbocycles. The van der Waals surface area contributed by atoms with Gasteiger partial charge in [-0.25, -0.2) is 0 Å². The van der Waals surface area contributed by atoms with Crippen LogP contribution in [0, 0.1) is 19.8 Å². The molecule has 0 fully saturated rings. The Morgan fingerprint density at radius 1 is 1.35 bits per heavy atom. The molecular weight excluding hydrogens is 212 g/mol. The van der Waals surface area contributed by atoms with Crippen molar-refractivity contribution in [3.05, 3.63) is 34.9 Å². The summed E-state index contributed by atoms with van der Waals surface area (Å²) in [5.74, 6) is 0.330. The van der Waals surface area contributed by atoms with Gasteiger partial charge in [0.1, 0.15) is 0 Å². The number of hydrogen-bond donors (Lipinski definition) is 2. The van der Waals surface area contributed by atoms with E-state index in [-0.39, 0.29) is 11.9 Å². The highest BCUT2D eigenvalue weighted by Gasteiger charge is 2.12. The predicted molar refractivity (Wildman–Crippen MR) is 71.1 cm³/mol. The molecule has 0 spiro atoms. The zero-order chi connectivity index (χ0) is 13.0. The lowest BCUT2D eigenvalue weighted by Crippen LogP contribution is -2.40. The van der Waals surface area contributed by atoms with Crippen molar-refractivity contribution in [1.82, 2.24) is 5.32 Å². The van der Waals surface area contributed by atoms with Crippen molar-refractivity contribution in [2.75, 3.05) is 6.54 Å². The molecule has 1 amide bonds. The summed E-state index contributed by atoms with van der Waals surface area (Å²) in [4.78, 5) is 12.0. The van der Waals surface area contributed by atoms with Crippen molar-refractivity contribution < 1.29 is 4.79 Å². The van der Waals surface area contributed by atoms with Gasteiger partial charge in [0.25, 0.3) is 5.91 Å². The molecule has 0 saturated carbocycles. The van der Waals surface area contributed by atoms with E-state index in [1.165, 1.54) is 0 Å². The van der Waals surface area contributed by atoms with Crippen molar-refractivity contribution in [3.8, 4) is 0 Å². The van der Waals surface area contributed by atoms with Crippen LogP contribution >= 0.6 is 0 Å². The number of hydrogen-bond acceptors (Lipinski definition) is 2. The van der Waals surface area contributed by atoms with Gasteiger partial charge in [-0.2, -0.15) is 0 Å². The zero-order valence-electron chi connectivity index (χ0n) is 11.1. The lowest BCUT2D eigenvalue weighted by Gasteiger charge is -2.16. The Balaban J connectivity index is 2.67. The third-order valence-corrected chi connectivity index (χ3v) is 2.99. The van der Waals surface area contributed by atoms with Gasteiger partial charge in [-0.05, 0) is 31.4 Å².